The number of carbonyl (C=O) groups excluding carboxylic acids is 1. The molecule has 0 N–H and O–H groups in total. The van der Waals surface area contributed by atoms with Crippen molar-refractivity contribution < 1.29 is 4.79 Å². The highest BCUT2D eigenvalue weighted by molar-refractivity contribution is 6.42. The van der Waals surface area contributed by atoms with Crippen LogP contribution in [-0.2, 0) is 11.3 Å². The van der Waals surface area contributed by atoms with Gasteiger partial charge in [-0.05, 0) is 29.3 Å². The van der Waals surface area contributed by atoms with Gasteiger partial charge in [0.15, 0.2) is 0 Å². The van der Waals surface area contributed by atoms with Crippen LogP contribution in [0.15, 0.2) is 54.6 Å². The van der Waals surface area contributed by atoms with Crippen LogP contribution in [0.3, 0.4) is 0 Å². The molecule has 0 unspecified atom stereocenters. The van der Waals surface area contributed by atoms with Gasteiger partial charge in [-0.25, -0.2) is 0 Å². The van der Waals surface area contributed by atoms with E-state index in [9.17, 15) is 4.79 Å². The first-order valence-electron chi connectivity index (χ1n) is 6.48. The smallest absolute Gasteiger partial charge is 0.246 e. The fraction of sp³-hybridized carbons (Fsp3) is 0.118. The zero-order valence-corrected chi connectivity index (χ0v) is 13.1. The Balaban J connectivity index is 1.99. The Bertz CT molecular complexity index is 653. The van der Waals surface area contributed by atoms with Crippen molar-refractivity contribution >= 4 is 35.2 Å². The van der Waals surface area contributed by atoms with E-state index in [0.717, 1.165) is 11.1 Å². The Hall–Kier alpha value is -1.77. The second-order valence-corrected chi connectivity index (χ2v) is 5.50. The summed E-state index contributed by atoms with van der Waals surface area (Å²) in [5.74, 6) is -0.0649. The van der Waals surface area contributed by atoms with Crippen molar-refractivity contribution in [2.75, 3.05) is 7.05 Å². The minimum absolute atomic E-state index is 0.0649. The van der Waals surface area contributed by atoms with Gasteiger partial charge in [0.2, 0.25) is 5.91 Å². The second kappa shape index (κ2) is 7.30. The second-order valence-electron chi connectivity index (χ2n) is 4.69. The Morgan fingerprint density at radius 3 is 2.48 bits per heavy atom. The molecular formula is C17H15Cl2NO. The van der Waals surface area contributed by atoms with E-state index < -0.39 is 0 Å². The fourth-order valence-electron chi connectivity index (χ4n) is 1.85. The van der Waals surface area contributed by atoms with Crippen LogP contribution < -0.4 is 0 Å². The number of nitrogens with zero attached hydrogens (tertiary/aromatic N) is 1. The summed E-state index contributed by atoms with van der Waals surface area (Å²) in [6, 6.07) is 15.1. The van der Waals surface area contributed by atoms with Crippen molar-refractivity contribution in [1.29, 1.82) is 0 Å². The number of benzene rings is 2. The van der Waals surface area contributed by atoms with Gasteiger partial charge in [0.05, 0.1) is 10.0 Å². The first-order valence-corrected chi connectivity index (χ1v) is 7.24. The largest absolute Gasteiger partial charge is 0.338 e. The Labute approximate surface area is 134 Å². The van der Waals surface area contributed by atoms with Gasteiger partial charge in [0, 0.05) is 19.7 Å². The molecule has 0 saturated carbocycles. The summed E-state index contributed by atoms with van der Waals surface area (Å²) in [6.07, 6.45) is 3.26. The summed E-state index contributed by atoms with van der Waals surface area (Å²) in [7, 11) is 1.77. The van der Waals surface area contributed by atoms with Crippen molar-refractivity contribution in [2.24, 2.45) is 0 Å². The van der Waals surface area contributed by atoms with E-state index in [0.29, 0.717) is 16.6 Å². The molecule has 1 amide bonds. The number of amides is 1. The van der Waals surface area contributed by atoms with Crippen LogP contribution in [0.25, 0.3) is 6.08 Å². The maximum absolute atomic E-state index is 12.1. The van der Waals surface area contributed by atoms with Crippen LogP contribution in [0.4, 0.5) is 0 Å². The molecule has 0 aliphatic rings. The highest BCUT2D eigenvalue weighted by Crippen LogP contribution is 2.23. The third-order valence-corrected chi connectivity index (χ3v) is 3.74. The van der Waals surface area contributed by atoms with Gasteiger partial charge in [-0.3, -0.25) is 4.79 Å². The molecule has 0 spiro atoms. The van der Waals surface area contributed by atoms with E-state index in [1.807, 2.05) is 36.4 Å². The van der Waals surface area contributed by atoms with Gasteiger partial charge < -0.3 is 4.90 Å². The predicted octanol–water partition coefficient (Wildman–Crippen LogP) is 4.67. The van der Waals surface area contributed by atoms with E-state index >= 15 is 0 Å². The summed E-state index contributed by atoms with van der Waals surface area (Å²) in [4.78, 5) is 13.7. The molecule has 21 heavy (non-hydrogen) atoms. The Morgan fingerprint density at radius 2 is 1.81 bits per heavy atom. The molecule has 4 heteroatoms. The van der Waals surface area contributed by atoms with Crippen LogP contribution in [0.5, 0.6) is 0 Å². The van der Waals surface area contributed by atoms with Crippen LogP contribution in [0.1, 0.15) is 11.1 Å². The van der Waals surface area contributed by atoms with Crippen LogP contribution in [0.2, 0.25) is 10.0 Å². The van der Waals surface area contributed by atoms with E-state index in [1.54, 1.807) is 30.2 Å². The monoisotopic (exact) mass is 319 g/mol. The van der Waals surface area contributed by atoms with Crippen LogP contribution in [-0.4, -0.2) is 17.9 Å². The van der Waals surface area contributed by atoms with Crippen molar-refractivity contribution in [1.82, 2.24) is 4.90 Å². The molecular weight excluding hydrogens is 305 g/mol. The summed E-state index contributed by atoms with van der Waals surface area (Å²) in [6.45, 7) is 0.575. The van der Waals surface area contributed by atoms with E-state index in [2.05, 4.69) is 0 Å². The first kappa shape index (κ1) is 15.6. The molecule has 2 aromatic carbocycles. The molecule has 108 valence electrons. The molecule has 0 aromatic heterocycles. The van der Waals surface area contributed by atoms with Gasteiger partial charge >= 0.3 is 0 Å². The lowest BCUT2D eigenvalue weighted by atomic mass is 10.2. The molecule has 2 aromatic rings. The maximum atomic E-state index is 12.1. The van der Waals surface area contributed by atoms with E-state index in [4.69, 9.17) is 23.2 Å². The number of rotatable bonds is 4. The van der Waals surface area contributed by atoms with Gasteiger partial charge in [-0.1, -0.05) is 59.6 Å². The quantitative estimate of drug-likeness (QED) is 0.750. The summed E-state index contributed by atoms with van der Waals surface area (Å²) in [5, 5.41) is 0.977. The zero-order chi connectivity index (χ0) is 15.2. The van der Waals surface area contributed by atoms with Crippen molar-refractivity contribution in [3.63, 3.8) is 0 Å². The van der Waals surface area contributed by atoms with Crippen molar-refractivity contribution in [2.45, 2.75) is 6.54 Å². The molecule has 0 aliphatic heterocycles. The topological polar surface area (TPSA) is 20.3 Å². The fourth-order valence-corrected chi connectivity index (χ4v) is 2.15. The molecule has 2 nitrogen and oxygen atoms in total. The molecule has 0 atom stereocenters. The summed E-state index contributed by atoms with van der Waals surface area (Å²) in [5.41, 5.74) is 1.93. The predicted molar refractivity (Wildman–Crippen MR) is 88.4 cm³/mol. The number of likely N-dealkylation sites (N-methyl/N-ethyl adjacent to an activating group) is 1. The van der Waals surface area contributed by atoms with Gasteiger partial charge in [-0.2, -0.15) is 0 Å². The lowest BCUT2D eigenvalue weighted by Gasteiger charge is -2.15. The SMILES string of the molecule is CN(Cc1ccccc1)C(=O)/C=C/c1ccc(Cl)c(Cl)c1. The number of carbonyl (C=O) groups is 1. The average Bonchev–Trinajstić information content (AvgIpc) is 2.49. The van der Waals surface area contributed by atoms with E-state index in [-0.39, 0.29) is 5.91 Å². The molecule has 0 aliphatic carbocycles. The van der Waals surface area contributed by atoms with Gasteiger partial charge in [0.25, 0.3) is 0 Å². The third kappa shape index (κ3) is 4.62. The molecule has 0 heterocycles. The third-order valence-electron chi connectivity index (χ3n) is 3.00. The standard InChI is InChI=1S/C17H15Cl2NO/c1-20(12-14-5-3-2-4-6-14)17(21)10-8-13-7-9-15(18)16(19)11-13/h2-11H,12H2,1H3/b10-8+. The lowest BCUT2D eigenvalue weighted by Crippen LogP contribution is -2.23. The molecule has 0 bridgehead atoms. The normalized spacial score (nSPS) is 10.8. The molecule has 0 saturated heterocycles. The lowest BCUT2D eigenvalue weighted by molar-refractivity contribution is -0.125. The van der Waals surface area contributed by atoms with Gasteiger partial charge in [0.1, 0.15) is 0 Å². The zero-order valence-electron chi connectivity index (χ0n) is 11.6. The molecule has 2 rings (SSSR count). The van der Waals surface area contributed by atoms with Gasteiger partial charge in [-0.15, -0.1) is 0 Å². The van der Waals surface area contributed by atoms with Crippen molar-refractivity contribution in [3.05, 3.63) is 75.8 Å². The Kier molecular flexibility index (Phi) is 5.43. The van der Waals surface area contributed by atoms with Crippen LogP contribution >= 0.6 is 23.2 Å². The highest BCUT2D eigenvalue weighted by Gasteiger charge is 2.05. The van der Waals surface area contributed by atoms with Crippen LogP contribution in [0, 0.1) is 0 Å². The van der Waals surface area contributed by atoms with E-state index in [1.165, 1.54) is 6.08 Å². The number of hydrogen-bond donors (Lipinski definition) is 0. The summed E-state index contributed by atoms with van der Waals surface area (Å²) >= 11 is 11.8. The number of halogens is 2. The highest BCUT2D eigenvalue weighted by atomic mass is 35.5. The molecule has 0 radical (unpaired) electrons. The average molecular weight is 320 g/mol. The first-order chi connectivity index (χ1) is 10.1. The maximum Gasteiger partial charge on any atom is 0.246 e. The summed E-state index contributed by atoms with van der Waals surface area (Å²) < 4.78 is 0. The molecule has 0 fully saturated rings. The Morgan fingerprint density at radius 1 is 1.10 bits per heavy atom. The number of hydrogen-bond acceptors (Lipinski definition) is 1. The van der Waals surface area contributed by atoms with Crippen molar-refractivity contribution in [3.8, 4) is 0 Å². The minimum Gasteiger partial charge on any atom is -0.338 e. The minimum atomic E-state index is -0.0649.